The number of aryl methyl sites for hydroxylation is 1. The summed E-state index contributed by atoms with van der Waals surface area (Å²) in [7, 11) is 0. The zero-order chi connectivity index (χ0) is 10.3. The number of aldehydes is 1. The third-order valence-corrected chi connectivity index (χ3v) is 2.91. The van der Waals surface area contributed by atoms with Crippen LogP contribution in [0, 0.1) is 6.92 Å². The molecule has 0 bridgehead atoms. The maximum Gasteiger partial charge on any atom is 0.185 e. The molecule has 0 saturated carbocycles. The first kappa shape index (κ1) is 9.74. The molecule has 0 spiro atoms. The minimum absolute atomic E-state index is 0.350. The van der Waals surface area contributed by atoms with Crippen molar-refractivity contribution in [2.24, 2.45) is 0 Å². The van der Waals surface area contributed by atoms with E-state index < -0.39 is 0 Å². The summed E-state index contributed by atoms with van der Waals surface area (Å²) in [4.78, 5) is 10.7. The Balaban J connectivity index is 2.91. The number of carbonyl (C=O) groups excluding carboxylic acids is 1. The van der Waals surface area contributed by atoms with E-state index in [1.165, 1.54) is 0 Å². The maximum atomic E-state index is 10.7. The Labute approximate surface area is 94.0 Å². The second-order valence-electron chi connectivity index (χ2n) is 2.97. The molecule has 72 valence electrons. The molecule has 2 rings (SSSR count). The fraction of sp³-hybridized carbons (Fsp3) is 0.100. The minimum atomic E-state index is 0.350. The van der Waals surface area contributed by atoms with Gasteiger partial charge in [0.25, 0.3) is 0 Å². The topological polar surface area (TPSA) is 30.2 Å². The van der Waals surface area contributed by atoms with Crippen molar-refractivity contribution in [3.8, 4) is 0 Å². The molecule has 4 heteroatoms. The molecule has 0 fully saturated rings. The third-order valence-electron chi connectivity index (χ3n) is 2.10. The van der Waals surface area contributed by atoms with Crippen LogP contribution in [0.1, 0.15) is 16.1 Å². The van der Waals surface area contributed by atoms with Gasteiger partial charge in [-0.15, -0.1) is 0 Å². The smallest absolute Gasteiger partial charge is 0.185 e. The zero-order valence-corrected chi connectivity index (χ0v) is 9.65. The molecular formula is C10H6BrClO2. The Kier molecular flexibility index (Phi) is 2.37. The first-order valence-electron chi connectivity index (χ1n) is 3.97. The summed E-state index contributed by atoms with van der Waals surface area (Å²) in [5.41, 5.74) is 1.48. The summed E-state index contributed by atoms with van der Waals surface area (Å²) < 4.78 is 6.12. The van der Waals surface area contributed by atoms with Crippen molar-refractivity contribution < 1.29 is 9.21 Å². The highest BCUT2D eigenvalue weighted by Gasteiger charge is 2.12. The average molecular weight is 274 g/mol. The highest BCUT2D eigenvalue weighted by Crippen LogP contribution is 2.33. The van der Waals surface area contributed by atoms with Crippen LogP contribution in [-0.4, -0.2) is 6.29 Å². The summed E-state index contributed by atoms with van der Waals surface area (Å²) >= 11 is 9.22. The Morgan fingerprint density at radius 1 is 1.50 bits per heavy atom. The van der Waals surface area contributed by atoms with Crippen LogP contribution in [0.5, 0.6) is 0 Å². The Bertz CT molecular complexity index is 516. The predicted molar refractivity (Wildman–Crippen MR) is 59.0 cm³/mol. The van der Waals surface area contributed by atoms with Gasteiger partial charge < -0.3 is 4.42 Å². The van der Waals surface area contributed by atoms with E-state index in [4.69, 9.17) is 16.0 Å². The molecule has 2 aromatic rings. The maximum absolute atomic E-state index is 10.7. The Hall–Kier alpha value is -0.800. The normalized spacial score (nSPS) is 10.8. The van der Waals surface area contributed by atoms with Crippen LogP contribution in [0.15, 0.2) is 21.0 Å². The van der Waals surface area contributed by atoms with Crippen LogP contribution in [0.3, 0.4) is 0 Å². The fourth-order valence-corrected chi connectivity index (χ4v) is 2.27. The first-order chi connectivity index (χ1) is 6.63. The van der Waals surface area contributed by atoms with Gasteiger partial charge in [0.15, 0.2) is 12.0 Å². The predicted octanol–water partition coefficient (Wildman–Crippen LogP) is 3.97. The summed E-state index contributed by atoms with van der Waals surface area (Å²) in [6.07, 6.45) is 0.704. The third kappa shape index (κ3) is 1.37. The molecule has 0 aliphatic carbocycles. The van der Waals surface area contributed by atoms with Gasteiger partial charge in [0.1, 0.15) is 5.58 Å². The average Bonchev–Trinajstić information content (AvgIpc) is 2.44. The Morgan fingerprint density at radius 2 is 2.21 bits per heavy atom. The molecule has 0 radical (unpaired) electrons. The van der Waals surface area contributed by atoms with E-state index in [-0.39, 0.29) is 0 Å². The molecule has 0 unspecified atom stereocenters. The van der Waals surface area contributed by atoms with Gasteiger partial charge in [-0.3, -0.25) is 4.79 Å². The van der Waals surface area contributed by atoms with Gasteiger partial charge in [-0.1, -0.05) is 11.6 Å². The van der Waals surface area contributed by atoms with Crippen molar-refractivity contribution in [1.29, 1.82) is 0 Å². The van der Waals surface area contributed by atoms with Crippen LogP contribution < -0.4 is 0 Å². The summed E-state index contributed by atoms with van der Waals surface area (Å²) in [6, 6.07) is 3.52. The van der Waals surface area contributed by atoms with Gasteiger partial charge in [-0.2, -0.15) is 0 Å². The van der Waals surface area contributed by atoms with Gasteiger partial charge in [-0.25, -0.2) is 0 Å². The van der Waals surface area contributed by atoms with Gasteiger partial charge in [0.05, 0.1) is 4.47 Å². The largest absolute Gasteiger partial charge is 0.452 e. The van der Waals surface area contributed by atoms with Crippen LogP contribution in [-0.2, 0) is 0 Å². The number of hydrogen-bond donors (Lipinski definition) is 0. The number of fused-ring (bicyclic) bond motifs is 1. The van der Waals surface area contributed by atoms with Crippen LogP contribution in [0.25, 0.3) is 11.0 Å². The lowest BCUT2D eigenvalue weighted by Crippen LogP contribution is -1.76. The number of rotatable bonds is 1. The number of benzene rings is 1. The molecule has 1 heterocycles. The van der Waals surface area contributed by atoms with E-state index >= 15 is 0 Å². The van der Waals surface area contributed by atoms with E-state index in [0.29, 0.717) is 22.7 Å². The molecule has 0 aliphatic heterocycles. The second kappa shape index (κ2) is 3.41. The molecule has 0 saturated heterocycles. The Morgan fingerprint density at radius 3 is 2.86 bits per heavy atom. The fourth-order valence-electron chi connectivity index (χ4n) is 1.37. The number of halogens is 2. The van der Waals surface area contributed by atoms with Crippen LogP contribution in [0.2, 0.25) is 5.02 Å². The van der Waals surface area contributed by atoms with Crippen LogP contribution >= 0.6 is 27.5 Å². The van der Waals surface area contributed by atoms with Crippen LogP contribution in [0.4, 0.5) is 0 Å². The summed E-state index contributed by atoms with van der Waals surface area (Å²) in [6.45, 7) is 1.83. The highest BCUT2D eigenvalue weighted by molar-refractivity contribution is 9.10. The monoisotopic (exact) mass is 272 g/mol. The molecule has 1 aromatic carbocycles. The lowest BCUT2D eigenvalue weighted by atomic mass is 10.1. The first-order valence-corrected chi connectivity index (χ1v) is 5.14. The highest BCUT2D eigenvalue weighted by atomic mass is 79.9. The van der Waals surface area contributed by atoms with E-state index in [1.807, 2.05) is 6.92 Å². The van der Waals surface area contributed by atoms with Gasteiger partial charge in [-0.05, 0) is 35.0 Å². The SMILES string of the molecule is Cc1c(C=O)oc2c(Br)cc(Cl)cc12. The molecule has 14 heavy (non-hydrogen) atoms. The molecule has 0 N–H and O–H groups in total. The number of carbonyl (C=O) groups is 1. The van der Waals surface area contributed by atoms with Gasteiger partial charge >= 0.3 is 0 Å². The van der Waals surface area contributed by atoms with E-state index in [0.717, 1.165) is 15.4 Å². The van der Waals surface area contributed by atoms with Crippen molar-refractivity contribution in [2.45, 2.75) is 6.92 Å². The molecule has 2 nitrogen and oxygen atoms in total. The van der Waals surface area contributed by atoms with E-state index in [9.17, 15) is 4.79 Å². The van der Waals surface area contributed by atoms with Crippen molar-refractivity contribution in [3.63, 3.8) is 0 Å². The quantitative estimate of drug-likeness (QED) is 0.736. The van der Waals surface area contributed by atoms with E-state index in [2.05, 4.69) is 15.9 Å². The molecular weight excluding hydrogens is 267 g/mol. The van der Waals surface area contributed by atoms with Gasteiger partial charge in [0.2, 0.25) is 0 Å². The van der Waals surface area contributed by atoms with Crippen molar-refractivity contribution in [1.82, 2.24) is 0 Å². The van der Waals surface area contributed by atoms with E-state index in [1.54, 1.807) is 12.1 Å². The summed E-state index contributed by atoms with van der Waals surface area (Å²) in [5, 5.41) is 1.48. The van der Waals surface area contributed by atoms with Gasteiger partial charge in [0, 0.05) is 16.0 Å². The lowest BCUT2D eigenvalue weighted by molar-refractivity contribution is 0.110. The number of furan rings is 1. The minimum Gasteiger partial charge on any atom is -0.452 e. The second-order valence-corrected chi connectivity index (χ2v) is 4.26. The molecule has 1 aromatic heterocycles. The lowest BCUT2D eigenvalue weighted by Gasteiger charge is -1.94. The van der Waals surface area contributed by atoms with Crippen molar-refractivity contribution in [3.05, 3.63) is 33.0 Å². The molecule has 0 atom stereocenters. The number of hydrogen-bond acceptors (Lipinski definition) is 2. The molecule has 0 aliphatic rings. The standard InChI is InChI=1S/C10H6BrClO2/c1-5-7-2-6(12)3-8(11)10(7)14-9(5)4-13/h2-4H,1H3. The zero-order valence-electron chi connectivity index (χ0n) is 7.30. The van der Waals surface area contributed by atoms with Crippen molar-refractivity contribution in [2.75, 3.05) is 0 Å². The summed E-state index contributed by atoms with van der Waals surface area (Å²) in [5.74, 6) is 0.350. The van der Waals surface area contributed by atoms with Crippen molar-refractivity contribution >= 4 is 44.8 Å². The molecule has 0 amide bonds.